The van der Waals surface area contributed by atoms with Crippen molar-refractivity contribution < 1.29 is 29.0 Å². The summed E-state index contributed by atoms with van der Waals surface area (Å²) < 4.78 is 13.3. The molecule has 1 aliphatic rings. The highest BCUT2D eigenvalue weighted by Crippen LogP contribution is 2.29. The minimum Gasteiger partial charge on any atom is -0.496 e. The minimum atomic E-state index is -0.982. The third kappa shape index (κ3) is 10.3. The molecular formula is C35H48N8O6. The zero-order valence-corrected chi connectivity index (χ0v) is 28.7. The Kier molecular flexibility index (Phi) is 13.6. The van der Waals surface area contributed by atoms with Crippen molar-refractivity contribution in [1.82, 2.24) is 29.7 Å². The topological polar surface area (TPSA) is 189 Å². The molecule has 0 aliphatic carbocycles. The maximum absolute atomic E-state index is 12.8. The van der Waals surface area contributed by atoms with E-state index in [9.17, 15) is 19.6 Å². The molecule has 14 nitrogen and oxygen atoms in total. The Morgan fingerprint density at radius 1 is 1.08 bits per heavy atom. The molecule has 14 heteroatoms. The van der Waals surface area contributed by atoms with E-state index in [0.717, 1.165) is 56.3 Å². The molecule has 1 saturated heterocycles. The Labute approximate surface area is 287 Å². The van der Waals surface area contributed by atoms with Gasteiger partial charge in [0, 0.05) is 57.7 Å². The number of benzene rings is 1. The van der Waals surface area contributed by atoms with E-state index in [2.05, 4.69) is 39.2 Å². The van der Waals surface area contributed by atoms with Crippen molar-refractivity contribution in [3.63, 3.8) is 0 Å². The maximum Gasteiger partial charge on any atom is 0.320 e. The van der Waals surface area contributed by atoms with E-state index in [1.807, 2.05) is 17.0 Å². The summed E-state index contributed by atoms with van der Waals surface area (Å²) in [5.74, 6) is -0.837. The number of carboxylic acids is 1. The van der Waals surface area contributed by atoms with Crippen LogP contribution in [0.4, 0.5) is 5.82 Å². The van der Waals surface area contributed by atoms with E-state index in [0.29, 0.717) is 68.2 Å². The molecule has 0 saturated carbocycles. The normalized spacial score (nSPS) is 14.0. The number of aromatic nitrogens is 3. The molecule has 2 amide bonds. The van der Waals surface area contributed by atoms with Crippen LogP contribution < -0.4 is 20.5 Å². The molecule has 4 N–H and O–H groups in total. The molecule has 1 atom stereocenters. The number of piperazine rings is 1. The molecule has 264 valence electrons. The largest absolute Gasteiger partial charge is 0.496 e. The van der Waals surface area contributed by atoms with E-state index in [-0.39, 0.29) is 30.1 Å². The van der Waals surface area contributed by atoms with E-state index in [1.54, 1.807) is 17.7 Å². The summed E-state index contributed by atoms with van der Waals surface area (Å²) in [6.07, 6.45) is 4.59. The van der Waals surface area contributed by atoms with Gasteiger partial charge < -0.3 is 35.1 Å². The highest BCUT2D eigenvalue weighted by atomic mass is 16.5. The summed E-state index contributed by atoms with van der Waals surface area (Å²) in [6, 6.07) is 10.2. The summed E-state index contributed by atoms with van der Waals surface area (Å²) in [7, 11) is 1.63. The number of carboxylic acid groups (broad SMARTS) is 1. The first-order chi connectivity index (χ1) is 23.6. The van der Waals surface area contributed by atoms with Crippen molar-refractivity contribution in [3.8, 4) is 17.8 Å². The summed E-state index contributed by atoms with van der Waals surface area (Å²) in [4.78, 5) is 48.5. The monoisotopic (exact) mass is 676 g/mol. The number of nitrogens with two attached hydrogens (primary N) is 1. The number of fused-ring (bicyclic) bond motifs is 1. The lowest BCUT2D eigenvalue weighted by Crippen LogP contribution is -2.48. The molecular weight excluding hydrogens is 628 g/mol. The number of ether oxygens (including phenoxy) is 2. The predicted octanol–water partition coefficient (Wildman–Crippen LogP) is 3.55. The first kappa shape index (κ1) is 36.9. The van der Waals surface area contributed by atoms with Crippen LogP contribution in [0.2, 0.25) is 0 Å². The first-order valence-corrected chi connectivity index (χ1v) is 17.0. The van der Waals surface area contributed by atoms with Crippen LogP contribution in [0, 0.1) is 17.2 Å². The number of nitrogen functional groups attached to an aromatic ring is 1. The van der Waals surface area contributed by atoms with Crippen LogP contribution in [0.3, 0.4) is 0 Å². The fraction of sp³-hybridized carbons (Fsp3) is 0.543. The second kappa shape index (κ2) is 18.0. The van der Waals surface area contributed by atoms with Crippen molar-refractivity contribution in [3.05, 3.63) is 41.1 Å². The molecule has 4 rings (SSSR count). The maximum atomic E-state index is 12.8. The number of methoxy groups -OCH3 is 1. The number of carbonyl (C=O) groups excluding carboxylic acids is 2. The van der Waals surface area contributed by atoms with Gasteiger partial charge in [0.05, 0.1) is 31.6 Å². The van der Waals surface area contributed by atoms with Crippen LogP contribution in [0.25, 0.3) is 11.0 Å². The Hall–Kier alpha value is -4.90. The van der Waals surface area contributed by atoms with Crippen LogP contribution in [0.15, 0.2) is 24.3 Å². The fourth-order valence-electron chi connectivity index (χ4n) is 5.76. The zero-order chi connectivity index (χ0) is 35.3. The lowest BCUT2D eigenvalue weighted by molar-refractivity contribution is -0.143. The Morgan fingerprint density at radius 3 is 2.55 bits per heavy atom. The van der Waals surface area contributed by atoms with Gasteiger partial charge in [-0.2, -0.15) is 15.2 Å². The number of nitrogens with zero attached hydrogens (tertiary/aromatic N) is 6. The van der Waals surface area contributed by atoms with Crippen molar-refractivity contribution in [2.45, 2.75) is 71.9 Å². The van der Waals surface area contributed by atoms with Gasteiger partial charge in [-0.15, -0.1) is 0 Å². The summed E-state index contributed by atoms with van der Waals surface area (Å²) >= 11 is 0. The number of unbranched alkanes of at least 4 members (excludes halogenated alkanes) is 3. The number of rotatable bonds is 18. The molecule has 3 heterocycles. The van der Waals surface area contributed by atoms with Gasteiger partial charge in [-0.05, 0) is 37.0 Å². The van der Waals surface area contributed by atoms with E-state index >= 15 is 0 Å². The van der Waals surface area contributed by atoms with Crippen molar-refractivity contribution in [1.29, 1.82) is 5.26 Å². The lowest BCUT2D eigenvalue weighted by Gasteiger charge is -2.35. The second-order valence-corrected chi connectivity index (χ2v) is 12.5. The van der Waals surface area contributed by atoms with E-state index in [4.69, 9.17) is 20.3 Å². The van der Waals surface area contributed by atoms with E-state index < -0.39 is 11.9 Å². The first-order valence-electron chi connectivity index (χ1n) is 17.0. The molecule has 0 spiro atoms. The third-order valence-corrected chi connectivity index (χ3v) is 8.72. The third-order valence-electron chi connectivity index (χ3n) is 8.72. The minimum absolute atomic E-state index is 0.0301. The van der Waals surface area contributed by atoms with Gasteiger partial charge in [0.15, 0.2) is 5.65 Å². The average molecular weight is 677 g/mol. The number of aliphatic carboxylic acids is 1. The Balaban J connectivity index is 1.26. The molecule has 1 aliphatic heterocycles. The second-order valence-electron chi connectivity index (χ2n) is 12.5. The SMILES string of the molecule is CCCCOc1nc(N)c2cc(C#N)n(Cc3ccc(CN4CCN(C(=O)CCCCCNC(=O)CC(C)C(=O)O)CC4)cc3OC)c2n1. The van der Waals surface area contributed by atoms with Gasteiger partial charge in [0.25, 0.3) is 0 Å². The molecule has 2 aromatic heterocycles. The predicted molar refractivity (Wildman–Crippen MR) is 184 cm³/mol. The highest BCUT2D eigenvalue weighted by Gasteiger charge is 2.22. The zero-order valence-electron chi connectivity index (χ0n) is 28.7. The van der Waals surface area contributed by atoms with Crippen molar-refractivity contribution in [2.75, 3.05) is 52.2 Å². The highest BCUT2D eigenvalue weighted by molar-refractivity contribution is 5.88. The molecule has 1 fully saturated rings. The Bertz CT molecular complexity index is 1640. The average Bonchev–Trinajstić information content (AvgIpc) is 3.44. The summed E-state index contributed by atoms with van der Waals surface area (Å²) in [5.41, 5.74) is 9.13. The number of nitrogens with one attached hydrogen (secondary N) is 1. The lowest BCUT2D eigenvalue weighted by atomic mass is 10.1. The number of carbonyl (C=O) groups is 3. The van der Waals surface area contributed by atoms with Crippen LogP contribution in [-0.4, -0.2) is 93.7 Å². The van der Waals surface area contributed by atoms with Gasteiger partial charge in [-0.3, -0.25) is 19.3 Å². The fourth-order valence-corrected chi connectivity index (χ4v) is 5.76. The Morgan fingerprint density at radius 2 is 1.86 bits per heavy atom. The smallest absolute Gasteiger partial charge is 0.320 e. The molecule has 49 heavy (non-hydrogen) atoms. The number of amides is 2. The van der Waals surface area contributed by atoms with Gasteiger partial charge in [0.2, 0.25) is 11.8 Å². The molecule has 1 aromatic carbocycles. The number of nitriles is 1. The van der Waals surface area contributed by atoms with Crippen LogP contribution in [-0.2, 0) is 27.5 Å². The van der Waals surface area contributed by atoms with Crippen molar-refractivity contribution in [2.24, 2.45) is 5.92 Å². The van der Waals surface area contributed by atoms with Gasteiger partial charge >= 0.3 is 12.0 Å². The molecule has 3 aromatic rings. The summed E-state index contributed by atoms with van der Waals surface area (Å²) in [5, 5.41) is 22.1. The van der Waals surface area contributed by atoms with Gasteiger partial charge in [0.1, 0.15) is 23.3 Å². The standard InChI is InChI=1S/C35H48N8O6/c1-4-5-17-49-35-39-32(37)28-20-27(21-36)43(33(28)40-35)23-26-11-10-25(19-29(26)48-3)22-41-13-15-42(16-14-41)31(45)9-7-6-8-12-38-30(44)18-24(2)34(46)47/h10-11,19-20,24H,4-9,12-18,22-23H2,1-3H3,(H,38,44)(H,46,47)(H2,37,39,40). The van der Waals surface area contributed by atoms with Crippen LogP contribution in [0.5, 0.6) is 11.8 Å². The summed E-state index contributed by atoms with van der Waals surface area (Å²) in [6.45, 7) is 8.47. The van der Waals surface area contributed by atoms with Crippen LogP contribution >= 0.6 is 0 Å². The van der Waals surface area contributed by atoms with Gasteiger partial charge in [-0.25, -0.2) is 0 Å². The van der Waals surface area contributed by atoms with Crippen molar-refractivity contribution >= 4 is 34.6 Å². The number of anilines is 1. The number of hydrogen-bond acceptors (Lipinski definition) is 10. The van der Waals surface area contributed by atoms with E-state index in [1.165, 1.54) is 6.92 Å². The molecule has 1 unspecified atom stereocenters. The molecule has 0 radical (unpaired) electrons. The molecule has 0 bridgehead atoms. The van der Waals surface area contributed by atoms with Gasteiger partial charge in [-0.1, -0.05) is 38.8 Å². The quantitative estimate of drug-likeness (QED) is 0.167. The van der Waals surface area contributed by atoms with Crippen LogP contribution in [0.1, 0.15) is 75.6 Å². The number of hydrogen-bond donors (Lipinski definition) is 3.